The summed E-state index contributed by atoms with van der Waals surface area (Å²) in [4.78, 5) is 30.9. The fourth-order valence-electron chi connectivity index (χ4n) is 6.63. The minimum atomic E-state index is -0.666. The number of unbranched alkanes of at least 4 members (excludes halogenated alkanes) is 32. The minimum absolute atomic E-state index is 0.331. The Morgan fingerprint density at radius 3 is 0.625 bits per heavy atom. The summed E-state index contributed by atoms with van der Waals surface area (Å²) in [5.74, 6) is -1.98. The Hall–Kier alpha value is -2.11. The van der Waals surface area contributed by atoms with Crippen molar-refractivity contribution in [2.24, 2.45) is 0 Å². The first-order chi connectivity index (χ1) is 27.3. The lowest BCUT2D eigenvalue weighted by Gasteiger charge is -2.02. The summed E-state index contributed by atoms with van der Waals surface area (Å²) in [5, 5.41) is 25.5. The highest BCUT2D eigenvalue weighted by atomic mass is 16.4. The lowest BCUT2D eigenvalue weighted by Crippen LogP contribution is -1.93. The third kappa shape index (κ3) is 66.7. The molecule has 0 saturated carbocycles. The van der Waals surface area contributed by atoms with Gasteiger partial charge in [-0.3, -0.25) is 14.4 Å². The molecule has 0 aliphatic rings. The van der Waals surface area contributed by atoms with Crippen LogP contribution in [0.5, 0.6) is 0 Å². The monoisotopic (exact) mass is 793 g/mol. The zero-order valence-corrected chi connectivity index (χ0v) is 37.7. The average molecular weight is 793 g/mol. The van der Waals surface area contributed by atoms with Crippen LogP contribution in [0.4, 0.5) is 0 Å². The van der Waals surface area contributed by atoms with Gasteiger partial charge in [-0.1, -0.05) is 212 Å². The van der Waals surface area contributed by atoms with E-state index >= 15 is 0 Å². The van der Waals surface area contributed by atoms with Gasteiger partial charge in [-0.15, -0.1) is 0 Å². The highest BCUT2D eigenvalue weighted by molar-refractivity contribution is 5.67. The summed E-state index contributed by atoms with van der Waals surface area (Å²) in [7, 11) is 0. The summed E-state index contributed by atoms with van der Waals surface area (Å²) >= 11 is 0. The smallest absolute Gasteiger partial charge is 0.303 e. The van der Waals surface area contributed by atoms with Crippen LogP contribution < -0.4 is 0 Å². The summed E-state index contributed by atoms with van der Waals surface area (Å²) in [6.45, 7) is 6.76. The maximum atomic E-state index is 10.3. The molecule has 0 aromatic carbocycles. The molecule has 0 bridgehead atoms. The first kappa shape index (κ1) is 58.2. The van der Waals surface area contributed by atoms with E-state index in [0.717, 1.165) is 38.5 Å². The van der Waals surface area contributed by atoms with Gasteiger partial charge in [-0.25, -0.2) is 0 Å². The van der Waals surface area contributed by atoms with Gasteiger partial charge < -0.3 is 15.3 Å². The molecule has 0 atom stereocenters. The van der Waals surface area contributed by atoms with Crippen molar-refractivity contribution in [1.29, 1.82) is 0 Å². The number of hydrogen-bond donors (Lipinski definition) is 3. The van der Waals surface area contributed by atoms with Crippen molar-refractivity contribution in [3.05, 3.63) is 24.3 Å². The fourth-order valence-corrected chi connectivity index (χ4v) is 6.63. The SMILES string of the molecule is CCCCCC/C=C\CCCCCCCC(=O)O.CCCCCCCC/C=C\CCCCCCCC(=O)O.CCCCCCCCCCCCCCCC(=O)O. The number of carboxylic acids is 3. The van der Waals surface area contributed by atoms with Crippen molar-refractivity contribution in [3.8, 4) is 0 Å². The predicted molar refractivity (Wildman–Crippen MR) is 243 cm³/mol. The number of carboxylic acid groups (broad SMARTS) is 3. The molecule has 0 fully saturated rings. The molecule has 56 heavy (non-hydrogen) atoms. The molecule has 0 heterocycles. The van der Waals surface area contributed by atoms with E-state index in [-0.39, 0.29) is 0 Å². The molecular weight excluding hydrogens is 697 g/mol. The largest absolute Gasteiger partial charge is 0.481 e. The number of aliphatic carboxylic acids is 3. The van der Waals surface area contributed by atoms with Crippen LogP contribution in [0.2, 0.25) is 0 Å². The van der Waals surface area contributed by atoms with Crippen molar-refractivity contribution in [1.82, 2.24) is 0 Å². The van der Waals surface area contributed by atoms with Crippen LogP contribution >= 0.6 is 0 Å². The number of rotatable bonds is 42. The Morgan fingerprint density at radius 2 is 0.429 bits per heavy atom. The third-order valence-corrected chi connectivity index (χ3v) is 10.3. The van der Waals surface area contributed by atoms with Crippen LogP contribution in [0.25, 0.3) is 0 Å². The van der Waals surface area contributed by atoms with Gasteiger partial charge in [0.2, 0.25) is 0 Å². The van der Waals surface area contributed by atoms with Crippen LogP contribution in [0.3, 0.4) is 0 Å². The summed E-state index contributed by atoms with van der Waals surface area (Å²) in [6.07, 6.45) is 56.8. The maximum Gasteiger partial charge on any atom is 0.303 e. The van der Waals surface area contributed by atoms with Crippen LogP contribution in [0.15, 0.2) is 24.3 Å². The zero-order valence-electron chi connectivity index (χ0n) is 37.7. The first-order valence-corrected chi connectivity index (χ1v) is 24.3. The van der Waals surface area contributed by atoms with E-state index in [0.29, 0.717) is 19.3 Å². The number of hydrogen-bond acceptors (Lipinski definition) is 3. The van der Waals surface area contributed by atoms with Crippen LogP contribution in [0.1, 0.15) is 278 Å². The molecule has 6 nitrogen and oxygen atoms in total. The van der Waals surface area contributed by atoms with Crippen molar-refractivity contribution in [2.45, 2.75) is 278 Å². The second-order valence-electron chi connectivity index (χ2n) is 16.1. The van der Waals surface area contributed by atoms with Gasteiger partial charge in [0.15, 0.2) is 0 Å². The molecule has 0 aliphatic heterocycles. The second-order valence-corrected chi connectivity index (χ2v) is 16.1. The molecule has 0 aromatic heterocycles. The predicted octanol–water partition coefficient (Wildman–Crippen LogP) is 17.0. The molecule has 0 rings (SSSR count). The van der Waals surface area contributed by atoms with E-state index in [1.54, 1.807) is 0 Å². The fraction of sp³-hybridized carbons (Fsp3) is 0.860. The van der Waals surface area contributed by atoms with E-state index in [2.05, 4.69) is 45.1 Å². The molecule has 0 amide bonds. The Kier molecular flexibility index (Phi) is 57.2. The lowest BCUT2D eigenvalue weighted by atomic mass is 10.0. The third-order valence-electron chi connectivity index (χ3n) is 10.3. The van der Waals surface area contributed by atoms with Crippen molar-refractivity contribution < 1.29 is 29.7 Å². The van der Waals surface area contributed by atoms with Crippen LogP contribution in [-0.4, -0.2) is 33.2 Å². The Labute approximate surface area is 348 Å². The Morgan fingerprint density at radius 1 is 0.268 bits per heavy atom. The topological polar surface area (TPSA) is 112 Å². The number of carbonyl (C=O) groups is 3. The normalized spacial score (nSPS) is 11.1. The van der Waals surface area contributed by atoms with Gasteiger partial charge in [0.25, 0.3) is 0 Å². The Bertz CT molecular complexity index is 835. The lowest BCUT2D eigenvalue weighted by molar-refractivity contribution is -0.138. The van der Waals surface area contributed by atoms with Gasteiger partial charge in [-0.05, 0) is 70.6 Å². The number of allylic oxidation sites excluding steroid dienone is 4. The Balaban J connectivity index is -0.000000754. The van der Waals surface area contributed by atoms with E-state index in [9.17, 15) is 14.4 Å². The molecule has 0 radical (unpaired) electrons. The van der Waals surface area contributed by atoms with E-state index in [1.165, 1.54) is 199 Å². The quantitative estimate of drug-likeness (QED) is 0.0419. The zero-order chi connectivity index (χ0) is 41.8. The summed E-state index contributed by atoms with van der Waals surface area (Å²) < 4.78 is 0. The minimum Gasteiger partial charge on any atom is -0.481 e. The van der Waals surface area contributed by atoms with Crippen molar-refractivity contribution >= 4 is 17.9 Å². The van der Waals surface area contributed by atoms with Crippen LogP contribution in [0, 0.1) is 0 Å². The van der Waals surface area contributed by atoms with Crippen molar-refractivity contribution in [3.63, 3.8) is 0 Å². The molecule has 0 spiro atoms. The second kappa shape index (κ2) is 55.0. The molecule has 0 unspecified atom stereocenters. The molecule has 3 N–H and O–H groups in total. The highest BCUT2D eigenvalue weighted by Crippen LogP contribution is 2.14. The van der Waals surface area contributed by atoms with Gasteiger partial charge in [0.05, 0.1) is 0 Å². The van der Waals surface area contributed by atoms with Gasteiger partial charge in [0, 0.05) is 19.3 Å². The van der Waals surface area contributed by atoms with E-state index < -0.39 is 17.9 Å². The molecule has 332 valence electrons. The van der Waals surface area contributed by atoms with Crippen molar-refractivity contribution in [2.75, 3.05) is 0 Å². The summed E-state index contributed by atoms with van der Waals surface area (Å²) in [6, 6.07) is 0. The van der Waals surface area contributed by atoms with Gasteiger partial charge in [-0.2, -0.15) is 0 Å². The standard InChI is InChI=1S/C18H34O2.C16H32O2.C16H30O2/c1-2-3-4-5-6-7-8-9-10-11-12-13-14-15-16-17-18(19)20;2*1-2-3-4-5-6-7-8-9-10-11-12-13-14-15-16(17)18/h9-10H,2-8,11-17H2,1H3,(H,19,20);2-15H2,1H3,(H,17,18);7-8H,2-6,9-15H2,1H3,(H,17,18)/b10-9-;;8-7-. The molecular formula is C50H96O6. The summed E-state index contributed by atoms with van der Waals surface area (Å²) in [5.41, 5.74) is 0. The molecule has 0 saturated heterocycles. The highest BCUT2D eigenvalue weighted by Gasteiger charge is 1.98. The average Bonchev–Trinajstić information content (AvgIpc) is 3.17. The van der Waals surface area contributed by atoms with Gasteiger partial charge >= 0.3 is 17.9 Å². The molecule has 0 aromatic rings. The maximum absolute atomic E-state index is 10.3. The first-order valence-electron chi connectivity index (χ1n) is 24.3. The van der Waals surface area contributed by atoms with Crippen LogP contribution in [-0.2, 0) is 14.4 Å². The molecule has 0 aliphatic carbocycles. The van der Waals surface area contributed by atoms with E-state index in [1.807, 2.05) is 0 Å². The molecule has 6 heteroatoms. The van der Waals surface area contributed by atoms with Gasteiger partial charge in [0.1, 0.15) is 0 Å². The van der Waals surface area contributed by atoms with E-state index in [4.69, 9.17) is 15.3 Å².